The summed E-state index contributed by atoms with van der Waals surface area (Å²) in [7, 11) is 0. The second-order valence-corrected chi connectivity index (χ2v) is 5.11. The van der Waals surface area contributed by atoms with Crippen LogP contribution in [0.2, 0.25) is 0 Å². The van der Waals surface area contributed by atoms with Crippen LogP contribution in [0.1, 0.15) is 39.0 Å². The van der Waals surface area contributed by atoms with Crippen LogP contribution in [0.3, 0.4) is 0 Å². The molecular weight excluding hydrogens is 204 g/mol. The summed E-state index contributed by atoms with van der Waals surface area (Å²) in [6.45, 7) is 3.98. The fourth-order valence-electron chi connectivity index (χ4n) is 2.19. The Morgan fingerprint density at radius 3 is 2.56 bits per heavy atom. The van der Waals surface area contributed by atoms with E-state index in [1.165, 1.54) is 12.8 Å². The lowest BCUT2D eigenvalue weighted by Crippen LogP contribution is -2.51. The van der Waals surface area contributed by atoms with Gasteiger partial charge in [0.05, 0.1) is 5.60 Å². The minimum absolute atomic E-state index is 0.206. The Hall–Kier alpha value is -0.610. The molecule has 1 saturated carbocycles. The lowest BCUT2D eigenvalue weighted by Gasteiger charge is -2.38. The van der Waals surface area contributed by atoms with E-state index in [0.29, 0.717) is 44.9 Å². The maximum Gasteiger partial charge on any atom is 0.222 e. The van der Waals surface area contributed by atoms with E-state index in [2.05, 4.69) is 5.32 Å². The third-order valence-corrected chi connectivity index (χ3v) is 3.65. The summed E-state index contributed by atoms with van der Waals surface area (Å²) in [5.41, 5.74) is -0.590. The number of rotatable bonds is 4. The number of aliphatic hydroxyl groups is 1. The average Bonchev–Trinajstić information content (AvgIpc) is 3.10. The zero-order chi connectivity index (χ0) is 11.6. The number of hydrogen-bond donors (Lipinski definition) is 2. The summed E-state index contributed by atoms with van der Waals surface area (Å²) in [5.74, 6) is 0.206. The first-order chi connectivity index (χ1) is 7.63. The van der Waals surface area contributed by atoms with Crippen molar-refractivity contribution in [2.45, 2.75) is 50.7 Å². The Morgan fingerprint density at radius 2 is 2.06 bits per heavy atom. The fourth-order valence-corrected chi connectivity index (χ4v) is 2.19. The van der Waals surface area contributed by atoms with E-state index in [-0.39, 0.29) is 5.91 Å². The molecule has 4 nitrogen and oxygen atoms in total. The van der Waals surface area contributed by atoms with Crippen LogP contribution in [0.4, 0.5) is 0 Å². The number of hydrogen-bond acceptors (Lipinski definition) is 3. The monoisotopic (exact) mass is 226 g/mol. The molecule has 0 unspecified atom stereocenters. The first-order valence-electron chi connectivity index (χ1n) is 6.36. The highest BCUT2D eigenvalue weighted by Crippen LogP contribution is 2.24. The van der Waals surface area contributed by atoms with Crippen LogP contribution in [-0.2, 0) is 4.79 Å². The number of amides is 1. The van der Waals surface area contributed by atoms with Crippen molar-refractivity contribution < 1.29 is 9.90 Å². The van der Waals surface area contributed by atoms with E-state index in [1.54, 1.807) is 0 Å². The normalized spacial score (nSPS) is 24.5. The molecule has 1 heterocycles. The topological polar surface area (TPSA) is 52.6 Å². The van der Waals surface area contributed by atoms with Gasteiger partial charge in [0.15, 0.2) is 0 Å². The van der Waals surface area contributed by atoms with Gasteiger partial charge in [-0.25, -0.2) is 0 Å². The highest BCUT2D eigenvalue weighted by Gasteiger charge is 2.34. The number of piperidine rings is 1. The maximum atomic E-state index is 11.5. The summed E-state index contributed by atoms with van der Waals surface area (Å²) in [5, 5.41) is 13.7. The Morgan fingerprint density at radius 1 is 1.44 bits per heavy atom. The van der Waals surface area contributed by atoms with Gasteiger partial charge in [-0.15, -0.1) is 0 Å². The Kier molecular flexibility index (Phi) is 3.50. The maximum absolute atomic E-state index is 11.5. The summed E-state index contributed by atoms with van der Waals surface area (Å²) in [4.78, 5) is 13.3. The molecule has 0 aromatic heterocycles. The van der Waals surface area contributed by atoms with Crippen molar-refractivity contribution in [2.75, 3.05) is 19.6 Å². The number of likely N-dealkylation sites (tertiary alicyclic amines) is 1. The molecule has 0 spiro atoms. The molecule has 0 aromatic rings. The fraction of sp³-hybridized carbons (Fsp3) is 0.917. The number of carbonyl (C=O) groups is 1. The lowest BCUT2D eigenvalue weighted by atomic mass is 9.91. The van der Waals surface area contributed by atoms with Crippen LogP contribution in [-0.4, -0.2) is 47.2 Å². The molecule has 16 heavy (non-hydrogen) atoms. The largest absolute Gasteiger partial charge is 0.388 e. The summed E-state index contributed by atoms with van der Waals surface area (Å²) in [6.07, 6.45) is 4.47. The molecule has 4 heteroatoms. The van der Waals surface area contributed by atoms with Gasteiger partial charge < -0.3 is 15.3 Å². The summed E-state index contributed by atoms with van der Waals surface area (Å²) >= 11 is 0. The molecule has 1 amide bonds. The van der Waals surface area contributed by atoms with Gasteiger partial charge in [0.25, 0.3) is 0 Å². The SMILES string of the molecule is CCC(=O)N1CCC(O)(CNC2CC2)CC1. The van der Waals surface area contributed by atoms with Crippen LogP contribution in [0.5, 0.6) is 0 Å². The van der Waals surface area contributed by atoms with Gasteiger partial charge in [0, 0.05) is 32.1 Å². The highest BCUT2D eigenvalue weighted by molar-refractivity contribution is 5.75. The Bertz CT molecular complexity index is 256. The summed E-state index contributed by atoms with van der Waals surface area (Å²) in [6, 6.07) is 0.638. The van der Waals surface area contributed by atoms with Crippen molar-refractivity contribution in [3.63, 3.8) is 0 Å². The van der Waals surface area contributed by atoms with Crippen molar-refractivity contribution in [3.8, 4) is 0 Å². The first kappa shape index (κ1) is 11.9. The van der Waals surface area contributed by atoms with Gasteiger partial charge in [-0.3, -0.25) is 4.79 Å². The van der Waals surface area contributed by atoms with E-state index in [4.69, 9.17) is 0 Å². The molecule has 0 atom stereocenters. The zero-order valence-corrected chi connectivity index (χ0v) is 10.0. The number of nitrogens with zero attached hydrogens (tertiary/aromatic N) is 1. The van der Waals surface area contributed by atoms with Gasteiger partial charge >= 0.3 is 0 Å². The summed E-state index contributed by atoms with van der Waals surface area (Å²) < 4.78 is 0. The van der Waals surface area contributed by atoms with Crippen molar-refractivity contribution in [2.24, 2.45) is 0 Å². The molecule has 0 radical (unpaired) electrons. The minimum Gasteiger partial charge on any atom is -0.388 e. The molecule has 1 saturated heterocycles. The molecule has 1 aliphatic carbocycles. The van der Waals surface area contributed by atoms with Crippen molar-refractivity contribution >= 4 is 5.91 Å². The third kappa shape index (κ3) is 2.95. The molecular formula is C12H22N2O2. The molecule has 2 rings (SSSR count). The van der Waals surface area contributed by atoms with Crippen LogP contribution in [0.25, 0.3) is 0 Å². The van der Waals surface area contributed by atoms with E-state index >= 15 is 0 Å². The molecule has 2 N–H and O–H groups in total. The van der Waals surface area contributed by atoms with Crippen molar-refractivity contribution in [1.29, 1.82) is 0 Å². The third-order valence-electron chi connectivity index (χ3n) is 3.65. The van der Waals surface area contributed by atoms with Gasteiger partial charge in [-0.1, -0.05) is 6.92 Å². The Labute approximate surface area is 97.0 Å². The van der Waals surface area contributed by atoms with E-state index in [9.17, 15) is 9.90 Å². The predicted molar refractivity (Wildman–Crippen MR) is 62.1 cm³/mol. The molecule has 0 bridgehead atoms. The van der Waals surface area contributed by atoms with E-state index < -0.39 is 5.60 Å². The van der Waals surface area contributed by atoms with Gasteiger partial charge in [-0.05, 0) is 25.7 Å². The van der Waals surface area contributed by atoms with E-state index in [1.807, 2.05) is 11.8 Å². The standard InChI is InChI=1S/C12H22N2O2/c1-2-11(15)14-7-5-12(16,6-8-14)9-13-10-3-4-10/h10,13,16H,2-9H2,1H3. The molecule has 1 aliphatic heterocycles. The minimum atomic E-state index is -0.590. The van der Waals surface area contributed by atoms with Crippen LogP contribution in [0, 0.1) is 0 Å². The van der Waals surface area contributed by atoms with Gasteiger partial charge in [0.1, 0.15) is 0 Å². The van der Waals surface area contributed by atoms with Crippen molar-refractivity contribution in [3.05, 3.63) is 0 Å². The van der Waals surface area contributed by atoms with Gasteiger partial charge in [0.2, 0.25) is 5.91 Å². The molecule has 92 valence electrons. The Balaban J connectivity index is 1.75. The van der Waals surface area contributed by atoms with Crippen LogP contribution >= 0.6 is 0 Å². The predicted octanol–water partition coefficient (Wildman–Crippen LogP) is 0.502. The van der Waals surface area contributed by atoms with Crippen molar-refractivity contribution in [1.82, 2.24) is 10.2 Å². The van der Waals surface area contributed by atoms with Gasteiger partial charge in [-0.2, -0.15) is 0 Å². The average molecular weight is 226 g/mol. The second-order valence-electron chi connectivity index (χ2n) is 5.11. The molecule has 2 fully saturated rings. The lowest BCUT2D eigenvalue weighted by molar-refractivity contribution is -0.134. The smallest absolute Gasteiger partial charge is 0.222 e. The van der Waals surface area contributed by atoms with Crippen LogP contribution < -0.4 is 5.32 Å². The number of carbonyl (C=O) groups excluding carboxylic acids is 1. The zero-order valence-electron chi connectivity index (χ0n) is 10.0. The highest BCUT2D eigenvalue weighted by atomic mass is 16.3. The molecule has 0 aromatic carbocycles. The second kappa shape index (κ2) is 4.72. The molecule has 2 aliphatic rings. The number of nitrogens with one attached hydrogen (secondary N) is 1. The quantitative estimate of drug-likeness (QED) is 0.734. The van der Waals surface area contributed by atoms with E-state index in [0.717, 1.165) is 0 Å². The first-order valence-corrected chi connectivity index (χ1v) is 6.36. The van der Waals surface area contributed by atoms with Crippen LogP contribution in [0.15, 0.2) is 0 Å².